The van der Waals surface area contributed by atoms with Gasteiger partial charge < -0.3 is 25.6 Å². The summed E-state index contributed by atoms with van der Waals surface area (Å²) in [6.07, 6.45) is 7.39. The lowest BCUT2D eigenvalue weighted by atomic mass is 9.91. The molecular formula is C24H36N4O5. The van der Waals surface area contributed by atoms with Crippen LogP contribution in [-0.4, -0.2) is 66.0 Å². The fourth-order valence-electron chi connectivity index (χ4n) is 6.20. The molecule has 0 aromatic carbocycles. The molecule has 4 fully saturated rings. The number of nitrogens with one attached hydrogen (secondary N) is 3. The zero-order valence-electron chi connectivity index (χ0n) is 19.6. The van der Waals surface area contributed by atoms with Crippen molar-refractivity contribution in [1.82, 2.24) is 20.9 Å². The van der Waals surface area contributed by atoms with Crippen molar-refractivity contribution < 1.29 is 24.0 Å². The minimum atomic E-state index is -0.805. The van der Waals surface area contributed by atoms with E-state index in [1.807, 2.05) is 0 Å². The van der Waals surface area contributed by atoms with Gasteiger partial charge in [0.2, 0.25) is 11.8 Å². The van der Waals surface area contributed by atoms with Gasteiger partial charge in [-0.15, -0.1) is 0 Å². The number of carbonyl (C=O) groups excluding carboxylic acids is 5. The maximum atomic E-state index is 13.3. The number of likely N-dealkylation sites (tertiary alicyclic amines) is 1. The van der Waals surface area contributed by atoms with E-state index in [2.05, 4.69) is 29.8 Å². The minimum absolute atomic E-state index is 0.0112. The fraction of sp³-hybridized carbons (Fsp3) is 0.792. The SMILES string of the molecule is CC1(C)C2[C@@H](C(=O)N[C@H](C=O)C[C@@H]3CCCNC3=O)N(C(=O)C(=O)NC3CCCCC3)C[C@@H]21. The van der Waals surface area contributed by atoms with E-state index in [0.29, 0.717) is 25.8 Å². The standard InChI is InChI=1S/C24H36N4O5/c1-24(2)17-12-28(23(33)22(32)26-15-8-4-3-5-9-15)19(18(17)24)21(31)27-16(13-29)11-14-7-6-10-25-20(14)30/h13-19H,3-12H2,1-2H3,(H,25,30)(H,26,32)(H,27,31)/t14-,16-,17-,18?,19-/m0/s1. The van der Waals surface area contributed by atoms with Crippen LogP contribution in [0, 0.1) is 23.2 Å². The van der Waals surface area contributed by atoms with Gasteiger partial charge in [-0.25, -0.2) is 0 Å². The third-order valence-electron chi connectivity index (χ3n) is 8.30. The molecule has 9 heteroatoms. The van der Waals surface area contributed by atoms with Gasteiger partial charge in [0.25, 0.3) is 0 Å². The zero-order valence-corrected chi connectivity index (χ0v) is 19.6. The molecule has 182 valence electrons. The van der Waals surface area contributed by atoms with E-state index in [4.69, 9.17) is 0 Å². The highest BCUT2D eigenvalue weighted by Crippen LogP contribution is 2.64. The molecule has 2 heterocycles. The molecule has 33 heavy (non-hydrogen) atoms. The predicted molar refractivity (Wildman–Crippen MR) is 120 cm³/mol. The normalized spacial score (nSPS) is 31.7. The van der Waals surface area contributed by atoms with E-state index in [9.17, 15) is 24.0 Å². The average Bonchev–Trinajstić information content (AvgIpc) is 3.12. The van der Waals surface area contributed by atoms with E-state index in [0.717, 1.165) is 38.5 Å². The molecule has 0 aromatic rings. The van der Waals surface area contributed by atoms with Crippen LogP contribution in [0.3, 0.4) is 0 Å². The van der Waals surface area contributed by atoms with Gasteiger partial charge in [-0.2, -0.15) is 0 Å². The Balaban J connectivity index is 1.41. The first-order chi connectivity index (χ1) is 15.7. The van der Waals surface area contributed by atoms with Crippen LogP contribution < -0.4 is 16.0 Å². The Kier molecular flexibility index (Phi) is 6.77. The summed E-state index contributed by atoms with van der Waals surface area (Å²) < 4.78 is 0. The first kappa shape index (κ1) is 23.7. The summed E-state index contributed by atoms with van der Waals surface area (Å²) in [6, 6.07) is -1.57. The monoisotopic (exact) mass is 460 g/mol. The number of fused-ring (bicyclic) bond motifs is 1. The van der Waals surface area contributed by atoms with E-state index in [1.54, 1.807) is 0 Å². The second-order valence-electron chi connectivity index (χ2n) is 10.8. The van der Waals surface area contributed by atoms with Crippen molar-refractivity contribution in [2.75, 3.05) is 13.1 Å². The summed E-state index contributed by atoms with van der Waals surface area (Å²) >= 11 is 0. The van der Waals surface area contributed by atoms with Crippen LogP contribution in [-0.2, 0) is 24.0 Å². The van der Waals surface area contributed by atoms with Gasteiger partial charge in [0.1, 0.15) is 12.3 Å². The molecule has 2 aliphatic heterocycles. The molecule has 4 amide bonds. The highest BCUT2D eigenvalue weighted by molar-refractivity contribution is 6.35. The summed E-state index contributed by atoms with van der Waals surface area (Å²) in [5.74, 6) is -2.04. The Bertz CT molecular complexity index is 822. The number of carbonyl (C=O) groups is 5. The predicted octanol–water partition coefficient (Wildman–Crippen LogP) is 0.518. The lowest BCUT2D eigenvalue weighted by Crippen LogP contribution is -2.56. The van der Waals surface area contributed by atoms with Crippen molar-refractivity contribution in [3.8, 4) is 0 Å². The van der Waals surface area contributed by atoms with Crippen LogP contribution in [0.1, 0.15) is 65.2 Å². The smallest absolute Gasteiger partial charge is 0.312 e. The number of aldehydes is 1. The highest BCUT2D eigenvalue weighted by atomic mass is 16.2. The molecule has 4 rings (SSSR count). The van der Waals surface area contributed by atoms with Crippen molar-refractivity contribution in [3.05, 3.63) is 0 Å². The Morgan fingerprint density at radius 3 is 2.55 bits per heavy atom. The van der Waals surface area contributed by atoms with E-state index < -0.39 is 29.8 Å². The summed E-state index contributed by atoms with van der Waals surface area (Å²) in [4.78, 5) is 64.2. The van der Waals surface area contributed by atoms with Crippen molar-refractivity contribution in [1.29, 1.82) is 0 Å². The Morgan fingerprint density at radius 2 is 1.88 bits per heavy atom. The molecular weight excluding hydrogens is 424 g/mol. The fourth-order valence-corrected chi connectivity index (χ4v) is 6.20. The number of nitrogens with zero attached hydrogens (tertiary/aromatic N) is 1. The largest absolute Gasteiger partial charge is 0.356 e. The van der Waals surface area contributed by atoms with Gasteiger partial charge in [-0.1, -0.05) is 33.1 Å². The summed E-state index contributed by atoms with van der Waals surface area (Å²) in [5.41, 5.74) is -0.0986. The summed E-state index contributed by atoms with van der Waals surface area (Å²) in [5, 5.41) is 8.42. The molecule has 0 aromatic heterocycles. The zero-order chi connectivity index (χ0) is 23.8. The summed E-state index contributed by atoms with van der Waals surface area (Å²) in [6.45, 7) is 5.13. The summed E-state index contributed by atoms with van der Waals surface area (Å²) in [7, 11) is 0. The van der Waals surface area contributed by atoms with Gasteiger partial charge in [0.05, 0.1) is 6.04 Å². The van der Waals surface area contributed by atoms with Gasteiger partial charge in [0, 0.05) is 25.0 Å². The molecule has 3 N–H and O–H groups in total. The quantitative estimate of drug-likeness (QED) is 0.394. The van der Waals surface area contributed by atoms with Crippen molar-refractivity contribution in [2.24, 2.45) is 23.2 Å². The maximum Gasteiger partial charge on any atom is 0.312 e. The van der Waals surface area contributed by atoms with E-state index in [-0.39, 0.29) is 41.5 Å². The lowest BCUT2D eigenvalue weighted by molar-refractivity contribution is -0.150. The average molecular weight is 461 g/mol. The highest BCUT2D eigenvalue weighted by Gasteiger charge is 2.69. The number of hydrogen-bond donors (Lipinski definition) is 3. The molecule has 4 aliphatic rings. The van der Waals surface area contributed by atoms with Crippen LogP contribution in [0.15, 0.2) is 0 Å². The van der Waals surface area contributed by atoms with Crippen LogP contribution in [0.4, 0.5) is 0 Å². The third kappa shape index (κ3) is 4.77. The molecule has 2 saturated carbocycles. The topological polar surface area (TPSA) is 125 Å². The second kappa shape index (κ2) is 9.43. The number of amides is 4. The second-order valence-corrected chi connectivity index (χ2v) is 10.8. The Morgan fingerprint density at radius 1 is 1.15 bits per heavy atom. The van der Waals surface area contributed by atoms with Crippen LogP contribution in [0.25, 0.3) is 0 Å². The number of hydrogen-bond acceptors (Lipinski definition) is 5. The molecule has 5 atom stereocenters. The molecule has 2 saturated heterocycles. The van der Waals surface area contributed by atoms with Crippen molar-refractivity contribution >= 4 is 29.9 Å². The minimum Gasteiger partial charge on any atom is -0.356 e. The first-order valence-electron chi connectivity index (χ1n) is 12.4. The molecule has 0 spiro atoms. The molecule has 1 unspecified atom stereocenters. The molecule has 0 radical (unpaired) electrons. The molecule has 0 bridgehead atoms. The Hall–Kier alpha value is -2.45. The number of piperidine rings is 2. The third-order valence-corrected chi connectivity index (χ3v) is 8.30. The van der Waals surface area contributed by atoms with E-state index in [1.165, 1.54) is 4.90 Å². The lowest BCUT2D eigenvalue weighted by Gasteiger charge is -2.31. The van der Waals surface area contributed by atoms with Gasteiger partial charge >= 0.3 is 11.8 Å². The molecule has 2 aliphatic carbocycles. The van der Waals surface area contributed by atoms with Crippen LogP contribution in [0.2, 0.25) is 0 Å². The van der Waals surface area contributed by atoms with Crippen LogP contribution >= 0.6 is 0 Å². The van der Waals surface area contributed by atoms with Gasteiger partial charge in [0.15, 0.2) is 0 Å². The van der Waals surface area contributed by atoms with Crippen molar-refractivity contribution in [3.63, 3.8) is 0 Å². The first-order valence-corrected chi connectivity index (χ1v) is 12.4. The van der Waals surface area contributed by atoms with E-state index >= 15 is 0 Å². The van der Waals surface area contributed by atoms with Gasteiger partial charge in [-0.3, -0.25) is 19.2 Å². The van der Waals surface area contributed by atoms with Crippen LogP contribution in [0.5, 0.6) is 0 Å². The van der Waals surface area contributed by atoms with Gasteiger partial charge in [-0.05, 0) is 49.4 Å². The molecule has 9 nitrogen and oxygen atoms in total. The number of rotatable bonds is 6. The maximum absolute atomic E-state index is 13.3. The Labute approximate surface area is 194 Å². The van der Waals surface area contributed by atoms with Crippen molar-refractivity contribution in [2.45, 2.75) is 83.3 Å².